The largest absolute Gasteiger partial charge is 0.398 e. The van der Waals surface area contributed by atoms with Crippen molar-refractivity contribution in [2.24, 2.45) is 5.16 Å². The lowest BCUT2D eigenvalue weighted by molar-refractivity contribution is -0.105. The topological polar surface area (TPSA) is 80.6 Å². The number of carbonyl (C=O) groups excluding carboxylic acids is 2. The highest BCUT2D eigenvalue weighted by Gasteiger charge is 2.08. The third kappa shape index (κ3) is 2.36. The Labute approximate surface area is 83.6 Å². The first-order chi connectivity index (χ1) is 6.81. The standard InChI is InChI=1S/C7H7N3O3S/c1-13-10-5(2-11)6-3-14-7(9-6)8-4-12/h2-4H,1H3,(H,8,9,12)/b10-5+. The van der Waals surface area contributed by atoms with Gasteiger partial charge in [0.15, 0.2) is 17.1 Å². The minimum atomic E-state index is 0.0858. The Kier molecular flexibility index (Phi) is 3.74. The summed E-state index contributed by atoms with van der Waals surface area (Å²) >= 11 is 1.19. The highest BCUT2D eigenvalue weighted by Crippen LogP contribution is 2.14. The Morgan fingerprint density at radius 3 is 3.07 bits per heavy atom. The van der Waals surface area contributed by atoms with E-state index in [0.29, 0.717) is 23.5 Å². The van der Waals surface area contributed by atoms with Gasteiger partial charge in [-0.3, -0.25) is 9.59 Å². The Morgan fingerprint density at radius 2 is 2.50 bits per heavy atom. The molecule has 0 fully saturated rings. The van der Waals surface area contributed by atoms with Crippen molar-refractivity contribution in [1.82, 2.24) is 4.98 Å². The molecule has 1 N–H and O–H groups in total. The summed E-state index contributed by atoms with van der Waals surface area (Å²) in [6.45, 7) is 0. The smallest absolute Gasteiger partial charge is 0.213 e. The van der Waals surface area contributed by atoms with E-state index < -0.39 is 0 Å². The quantitative estimate of drug-likeness (QED) is 0.432. The Bertz CT molecular complexity index is 361. The van der Waals surface area contributed by atoms with Crippen molar-refractivity contribution < 1.29 is 14.4 Å². The molecular formula is C7H7N3O3S. The number of carbonyl (C=O) groups is 2. The number of oxime groups is 1. The third-order valence-electron chi connectivity index (χ3n) is 1.25. The number of hydrogen-bond acceptors (Lipinski definition) is 6. The molecule has 6 nitrogen and oxygen atoms in total. The molecule has 7 heteroatoms. The minimum absolute atomic E-state index is 0.0858. The average molecular weight is 213 g/mol. The molecule has 0 saturated heterocycles. The molecule has 14 heavy (non-hydrogen) atoms. The number of hydrogen-bond donors (Lipinski definition) is 1. The monoisotopic (exact) mass is 213 g/mol. The van der Waals surface area contributed by atoms with Gasteiger partial charge in [-0.1, -0.05) is 5.16 Å². The summed E-state index contributed by atoms with van der Waals surface area (Å²) in [5.41, 5.74) is 0.457. The molecule has 0 unspecified atom stereocenters. The van der Waals surface area contributed by atoms with Crippen molar-refractivity contribution >= 4 is 34.9 Å². The second-order valence-corrected chi connectivity index (χ2v) is 2.94. The first-order valence-electron chi connectivity index (χ1n) is 3.54. The molecule has 0 aromatic carbocycles. The molecule has 0 bridgehead atoms. The van der Waals surface area contributed by atoms with Crippen LogP contribution in [-0.2, 0) is 14.4 Å². The molecule has 0 saturated carbocycles. The molecular weight excluding hydrogens is 206 g/mol. The second kappa shape index (κ2) is 5.07. The zero-order valence-electron chi connectivity index (χ0n) is 7.26. The van der Waals surface area contributed by atoms with Crippen LogP contribution in [0.15, 0.2) is 10.5 Å². The van der Waals surface area contributed by atoms with Gasteiger partial charge in [0.1, 0.15) is 12.8 Å². The van der Waals surface area contributed by atoms with E-state index in [2.05, 4.69) is 20.3 Å². The maximum Gasteiger partial charge on any atom is 0.213 e. The molecule has 74 valence electrons. The number of nitrogens with one attached hydrogen (secondary N) is 1. The van der Waals surface area contributed by atoms with Crippen LogP contribution in [0.1, 0.15) is 5.69 Å². The van der Waals surface area contributed by atoms with E-state index in [1.165, 1.54) is 18.4 Å². The molecule has 1 heterocycles. The van der Waals surface area contributed by atoms with E-state index in [9.17, 15) is 9.59 Å². The molecule has 0 radical (unpaired) electrons. The van der Waals surface area contributed by atoms with Crippen LogP contribution in [0.25, 0.3) is 0 Å². The number of amides is 1. The van der Waals surface area contributed by atoms with Gasteiger partial charge in [0.05, 0.1) is 0 Å². The summed E-state index contributed by atoms with van der Waals surface area (Å²) < 4.78 is 0. The van der Waals surface area contributed by atoms with Gasteiger partial charge in [-0.25, -0.2) is 4.98 Å². The average Bonchev–Trinajstić information content (AvgIpc) is 2.63. The fourth-order valence-corrected chi connectivity index (χ4v) is 1.40. The molecule has 1 rings (SSSR count). The molecule has 0 aliphatic carbocycles. The maximum atomic E-state index is 10.5. The van der Waals surface area contributed by atoms with Crippen LogP contribution in [0.4, 0.5) is 5.13 Å². The lowest BCUT2D eigenvalue weighted by atomic mass is 10.3. The van der Waals surface area contributed by atoms with Gasteiger partial charge in [-0.2, -0.15) is 0 Å². The molecule has 0 aliphatic heterocycles. The highest BCUT2D eigenvalue weighted by atomic mass is 32.1. The fourth-order valence-electron chi connectivity index (χ4n) is 0.735. The Hall–Kier alpha value is -1.76. The number of anilines is 1. The van der Waals surface area contributed by atoms with Crippen LogP contribution in [0.2, 0.25) is 0 Å². The summed E-state index contributed by atoms with van der Waals surface area (Å²) in [4.78, 5) is 29.0. The van der Waals surface area contributed by atoms with Gasteiger partial charge in [0.25, 0.3) is 0 Å². The summed E-state index contributed by atoms with van der Waals surface area (Å²) in [6.07, 6.45) is 1.04. The summed E-state index contributed by atoms with van der Waals surface area (Å²) in [5.74, 6) is 0. The van der Waals surface area contributed by atoms with E-state index in [1.54, 1.807) is 5.38 Å². The van der Waals surface area contributed by atoms with Crippen molar-refractivity contribution in [1.29, 1.82) is 0 Å². The molecule has 0 spiro atoms. The summed E-state index contributed by atoms with van der Waals surface area (Å²) in [7, 11) is 1.33. The molecule has 1 amide bonds. The Morgan fingerprint density at radius 1 is 1.71 bits per heavy atom. The van der Waals surface area contributed by atoms with Crippen LogP contribution >= 0.6 is 11.3 Å². The molecule has 0 aliphatic rings. The van der Waals surface area contributed by atoms with Gasteiger partial charge in [-0.05, 0) is 0 Å². The minimum Gasteiger partial charge on any atom is -0.398 e. The zero-order chi connectivity index (χ0) is 10.4. The van der Waals surface area contributed by atoms with Gasteiger partial charge >= 0.3 is 0 Å². The lowest BCUT2D eigenvalue weighted by Gasteiger charge is -1.91. The van der Waals surface area contributed by atoms with Crippen LogP contribution in [-0.4, -0.2) is 30.5 Å². The van der Waals surface area contributed by atoms with Crippen molar-refractivity contribution in [2.45, 2.75) is 0 Å². The van der Waals surface area contributed by atoms with E-state index >= 15 is 0 Å². The van der Waals surface area contributed by atoms with Crippen molar-refractivity contribution in [3.63, 3.8) is 0 Å². The van der Waals surface area contributed by atoms with Gasteiger partial charge in [0, 0.05) is 5.38 Å². The number of thiazole rings is 1. The predicted octanol–water partition coefficient (Wildman–Crippen LogP) is 0.261. The number of aromatic nitrogens is 1. The first kappa shape index (κ1) is 10.3. The predicted molar refractivity (Wildman–Crippen MR) is 51.4 cm³/mol. The Balaban J connectivity index is 2.88. The second-order valence-electron chi connectivity index (χ2n) is 2.08. The number of rotatable bonds is 5. The van der Waals surface area contributed by atoms with E-state index in [0.717, 1.165) is 0 Å². The third-order valence-corrected chi connectivity index (χ3v) is 2.02. The van der Waals surface area contributed by atoms with Crippen LogP contribution in [0.5, 0.6) is 0 Å². The number of aldehydes is 1. The van der Waals surface area contributed by atoms with Gasteiger partial charge in [-0.15, -0.1) is 11.3 Å². The maximum absolute atomic E-state index is 10.5. The normalized spacial score (nSPS) is 10.8. The van der Waals surface area contributed by atoms with E-state index in [-0.39, 0.29) is 5.71 Å². The summed E-state index contributed by atoms with van der Waals surface area (Å²) in [6, 6.07) is 0. The van der Waals surface area contributed by atoms with Crippen molar-refractivity contribution in [3.05, 3.63) is 11.1 Å². The summed E-state index contributed by atoms with van der Waals surface area (Å²) in [5, 5.41) is 7.83. The van der Waals surface area contributed by atoms with Crippen LogP contribution in [0, 0.1) is 0 Å². The SMILES string of the molecule is CO/N=C(\C=O)c1csc(NC=O)n1. The zero-order valence-corrected chi connectivity index (χ0v) is 8.08. The first-order valence-corrected chi connectivity index (χ1v) is 4.42. The highest BCUT2D eigenvalue weighted by molar-refractivity contribution is 7.14. The lowest BCUT2D eigenvalue weighted by Crippen LogP contribution is -2.04. The number of nitrogens with zero attached hydrogens (tertiary/aromatic N) is 2. The van der Waals surface area contributed by atoms with Crippen molar-refractivity contribution in [3.8, 4) is 0 Å². The van der Waals surface area contributed by atoms with E-state index in [4.69, 9.17) is 0 Å². The van der Waals surface area contributed by atoms with Crippen LogP contribution < -0.4 is 5.32 Å². The van der Waals surface area contributed by atoms with Crippen LogP contribution in [0.3, 0.4) is 0 Å². The molecule has 0 atom stereocenters. The van der Waals surface area contributed by atoms with Gasteiger partial charge < -0.3 is 10.2 Å². The van der Waals surface area contributed by atoms with Crippen molar-refractivity contribution in [2.75, 3.05) is 12.4 Å². The molecule has 1 aromatic heterocycles. The van der Waals surface area contributed by atoms with Gasteiger partial charge in [0.2, 0.25) is 6.41 Å². The molecule has 1 aromatic rings. The fraction of sp³-hybridized carbons (Fsp3) is 0.143. The van der Waals surface area contributed by atoms with E-state index in [1.807, 2.05) is 0 Å².